The van der Waals surface area contributed by atoms with Gasteiger partial charge in [0.2, 0.25) is 5.91 Å². The van der Waals surface area contributed by atoms with Crippen LogP contribution in [0.2, 0.25) is 0 Å². The van der Waals surface area contributed by atoms with E-state index < -0.39 is 5.97 Å². The van der Waals surface area contributed by atoms with Crippen molar-refractivity contribution < 1.29 is 14.7 Å². The number of carboxylic acid groups (broad SMARTS) is 1. The van der Waals surface area contributed by atoms with Crippen LogP contribution in [0.1, 0.15) is 15.9 Å². The van der Waals surface area contributed by atoms with Crippen molar-refractivity contribution in [2.75, 3.05) is 19.6 Å². The summed E-state index contributed by atoms with van der Waals surface area (Å²) in [7, 11) is 0. The Morgan fingerprint density at radius 1 is 1.39 bits per heavy atom. The molecular formula is C13H16N2O3. The van der Waals surface area contributed by atoms with Gasteiger partial charge in [0.1, 0.15) is 0 Å². The Morgan fingerprint density at radius 2 is 2.17 bits per heavy atom. The predicted octanol–water partition coefficient (Wildman–Crippen LogP) is 0.263. The van der Waals surface area contributed by atoms with E-state index in [0.29, 0.717) is 13.0 Å². The van der Waals surface area contributed by atoms with Crippen LogP contribution in [0.3, 0.4) is 0 Å². The first-order chi connectivity index (χ1) is 8.66. The van der Waals surface area contributed by atoms with Gasteiger partial charge in [-0.15, -0.1) is 0 Å². The molecule has 5 nitrogen and oxygen atoms in total. The van der Waals surface area contributed by atoms with Crippen LogP contribution in [0.4, 0.5) is 0 Å². The van der Waals surface area contributed by atoms with Gasteiger partial charge in [-0.3, -0.25) is 4.79 Å². The first-order valence-corrected chi connectivity index (χ1v) is 5.97. The van der Waals surface area contributed by atoms with Gasteiger partial charge in [-0.05, 0) is 24.1 Å². The molecule has 96 valence electrons. The lowest BCUT2D eigenvalue weighted by molar-refractivity contribution is -0.126. The minimum absolute atomic E-state index is 0.0724. The zero-order chi connectivity index (χ0) is 13.0. The molecule has 1 aliphatic rings. The summed E-state index contributed by atoms with van der Waals surface area (Å²) >= 11 is 0. The number of carboxylic acids is 1. The quantitative estimate of drug-likeness (QED) is 0.698. The molecule has 0 atom stereocenters. The van der Waals surface area contributed by atoms with Gasteiger partial charge >= 0.3 is 5.97 Å². The average Bonchev–Trinajstić information content (AvgIpc) is 2.27. The number of benzene rings is 1. The van der Waals surface area contributed by atoms with Crippen molar-refractivity contribution in [1.82, 2.24) is 10.6 Å². The number of rotatable bonds is 5. The highest BCUT2D eigenvalue weighted by Gasteiger charge is 2.24. The van der Waals surface area contributed by atoms with Crippen molar-refractivity contribution in [3.8, 4) is 0 Å². The Balaban J connectivity index is 1.80. The van der Waals surface area contributed by atoms with Crippen molar-refractivity contribution in [2.45, 2.75) is 6.42 Å². The summed E-state index contributed by atoms with van der Waals surface area (Å²) in [6, 6.07) is 6.78. The minimum Gasteiger partial charge on any atom is -0.478 e. The SMILES string of the molecule is O=C(O)c1cccc(CCNC(=O)C2CNC2)c1. The van der Waals surface area contributed by atoms with Crippen LogP contribution < -0.4 is 10.6 Å². The molecule has 1 fully saturated rings. The van der Waals surface area contributed by atoms with Crippen LogP contribution in [0.15, 0.2) is 24.3 Å². The predicted molar refractivity (Wildman–Crippen MR) is 66.5 cm³/mol. The molecule has 0 aliphatic carbocycles. The Morgan fingerprint density at radius 3 is 2.78 bits per heavy atom. The van der Waals surface area contributed by atoms with E-state index >= 15 is 0 Å². The van der Waals surface area contributed by atoms with Crippen LogP contribution in [0.5, 0.6) is 0 Å². The van der Waals surface area contributed by atoms with Gasteiger partial charge in [0.15, 0.2) is 0 Å². The van der Waals surface area contributed by atoms with E-state index in [1.807, 2.05) is 6.07 Å². The Bertz CT molecular complexity index is 455. The lowest BCUT2D eigenvalue weighted by atomic mass is 10.0. The molecular weight excluding hydrogens is 232 g/mol. The fourth-order valence-electron chi connectivity index (χ4n) is 1.81. The monoisotopic (exact) mass is 248 g/mol. The first kappa shape index (κ1) is 12.6. The van der Waals surface area contributed by atoms with Gasteiger partial charge in [0, 0.05) is 19.6 Å². The Labute approximate surface area is 105 Å². The number of aromatic carboxylic acids is 1. The van der Waals surface area contributed by atoms with Crippen LogP contribution in [0.25, 0.3) is 0 Å². The summed E-state index contributed by atoms with van der Waals surface area (Å²) in [6.45, 7) is 2.04. The highest BCUT2D eigenvalue weighted by Crippen LogP contribution is 2.06. The maximum Gasteiger partial charge on any atom is 0.335 e. The summed E-state index contributed by atoms with van der Waals surface area (Å²) in [5.74, 6) is -0.764. The lowest BCUT2D eigenvalue weighted by Gasteiger charge is -2.25. The summed E-state index contributed by atoms with van der Waals surface area (Å²) in [4.78, 5) is 22.3. The van der Waals surface area contributed by atoms with Crippen LogP contribution in [-0.4, -0.2) is 36.6 Å². The molecule has 0 radical (unpaired) electrons. The Hall–Kier alpha value is -1.88. The molecule has 1 aromatic carbocycles. The largest absolute Gasteiger partial charge is 0.478 e. The molecule has 0 spiro atoms. The molecule has 0 bridgehead atoms. The standard InChI is InChI=1S/C13H16N2O3/c16-12(11-7-14-8-11)15-5-4-9-2-1-3-10(6-9)13(17)18/h1-3,6,11,14H,4-5,7-8H2,(H,15,16)(H,17,18). The molecule has 1 heterocycles. The molecule has 1 amide bonds. The molecule has 3 N–H and O–H groups in total. The number of hydrogen-bond acceptors (Lipinski definition) is 3. The van der Waals surface area contributed by atoms with Gasteiger partial charge in [-0.25, -0.2) is 4.79 Å². The van der Waals surface area contributed by atoms with Crippen molar-refractivity contribution in [2.24, 2.45) is 5.92 Å². The van der Waals surface area contributed by atoms with Crippen LogP contribution >= 0.6 is 0 Å². The zero-order valence-corrected chi connectivity index (χ0v) is 9.98. The molecule has 0 unspecified atom stereocenters. The average molecular weight is 248 g/mol. The number of nitrogens with one attached hydrogen (secondary N) is 2. The third-order valence-corrected chi connectivity index (χ3v) is 3.04. The summed E-state index contributed by atoms with van der Waals surface area (Å²) in [5, 5.41) is 14.8. The fraction of sp³-hybridized carbons (Fsp3) is 0.385. The van der Waals surface area contributed by atoms with Gasteiger partial charge in [-0.1, -0.05) is 12.1 Å². The van der Waals surface area contributed by atoms with Crippen LogP contribution in [0, 0.1) is 5.92 Å². The van der Waals surface area contributed by atoms with E-state index in [0.717, 1.165) is 18.7 Å². The lowest BCUT2D eigenvalue weighted by Crippen LogP contribution is -2.51. The highest BCUT2D eigenvalue weighted by molar-refractivity contribution is 5.87. The van der Waals surface area contributed by atoms with E-state index in [1.165, 1.54) is 0 Å². The van der Waals surface area contributed by atoms with Crippen molar-refractivity contribution in [3.05, 3.63) is 35.4 Å². The van der Waals surface area contributed by atoms with Crippen molar-refractivity contribution in [3.63, 3.8) is 0 Å². The second-order valence-corrected chi connectivity index (χ2v) is 4.40. The molecule has 0 saturated carbocycles. The molecule has 1 saturated heterocycles. The smallest absolute Gasteiger partial charge is 0.335 e. The van der Waals surface area contributed by atoms with Gasteiger partial charge in [-0.2, -0.15) is 0 Å². The van der Waals surface area contributed by atoms with Crippen molar-refractivity contribution >= 4 is 11.9 Å². The number of carbonyl (C=O) groups is 2. The number of amides is 1. The highest BCUT2D eigenvalue weighted by atomic mass is 16.4. The summed E-state index contributed by atoms with van der Waals surface area (Å²) in [6.07, 6.45) is 0.646. The van der Waals surface area contributed by atoms with E-state index in [-0.39, 0.29) is 17.4 Å². The third-order valence-electron chi connectivity index (χ3n) is 3.04. The maximum atomic E-state index is 11.5. The molecule has 0 aromatic heterocycles. The van der Waals surface area contributed by atoms with E-state index in [4.69, 9.17) is 5.11 Å². The number of carbonyl (C=O) groups excluding carboxylic acids is 1. The molecule has 18 heavy (non-hydrogen) atoms. The van der Waals surface area contributed by atoms with Crippen LogP contribution in [-0.2, 0) is 11.2 Å². The Kier molecular flexibility index (Phi) is 3.94. The third kappa shape index (κ3) is 3.07. The minimum atomic E-state index is -0.929. The van der Waals surface area contributed by atoms with E-state index in [1.54, 1.807) is 18.2 Å². The van der Waals surface area contributed by atoms with Crippen molar-refractivity contribution in [1.29, 1.82) is 0 Å². The van der Waals surface area contributed by atoms with E-state index in [9.17, 15) is 9.59 Å². The summed E-state index contributed by atoms with van der Waals surface area (Å²) < 4.78 is 0. The molecule has 1 aromatic rings. The second-order valence-electron chi connectivity index (χ2n) is 4.40. The fourth-order valence-corrected chi connectivity index (χ4v) is 1.81. The zero-order valence-electron chi connectivity index (χ0n) is 9.98. The van der Waals surface area contributed by atoms with Gasteiger partial charge in [0.25, 0.3) is 0 Å². The first-order valence-electron chi connectivity index (χ1n) is 5.97. The van der Waals surface area contributed by atoms with Gasteiger partial charge in [0.05, 0.1) is 11.5 Å². The molecule has 1 aliphatic heterocycles. The maximum absolute atomic E-state index is 11.5. The van der Waals surface area contributed by atoms with Gasteiger partial charge < -0.3 is 15.7 Å². The topological polar surface area (TPSA) is 78.4 Å². The molecule has 2 rings (SSSR count). The normalized spacial score (nSPS) is 14.9. The number of hydrogen-bond donors (Lipinski definition) is 3. The van der Waals surface area contributed by atoms with E-state index in [2.05, 4.69) is 10.6 Å². The second kappa shape index (κ2) is 5.64. The molecule has 5 heteroatoms. The summed E-state index contributed by atoms with van der Waals surface area (Å²) in [5.41, 5.74) is 1.20.